The zero-order chi connectivity index (χ0) is 11.3. The average Bonchev–Trinajstić information content (AvgIpc) is 2.55. The maximum atomic E-state index is 11.3. The summed E-state index contributed by atoms with van der Waals surface area (Å²) in [4.78, 5) is 0. The van der Waals surface area contributed by atoms with E-state index in [-0.39, 0.29) is 17.9 Å². The third-order valence-electron chi connectivity index (χ3n) is 2.62. The van der Waals surface area contributed by atoms with Crippen LogP contribution < -0.4 is 0 Å². The SMILES string of the molecule is Cn1ncc(Cl)c1C1(O)CCS(=O)(=O)C1. The highest BCUT2D eigenvalue weighted by atomic mass is 35.5. The molecule has 84 valence electrons. The Hall–Kier alpha value is -0.590. The lowest BCUT2D eigenvalue weighted by atomic mass is 9.99. The van der Waals surface area contributed by atoms with E-state index in [9.17, 15) is 13.5 Å². The standard InChI is InChI=1S/C8H11ClN2O3S/c1-11-7(6(9)4-10-11)8(12)2-3-15(13,14)5-8/h4,12H,2-3,5H2,1H3. The Balaban J connectivity index is 2.48. The maximum Gasteiger partial charge on any atom is 0.153 e. The molecule has 1 aliphatic rings. The molecule has 1 aliphatic heterocycles. The van der Waals surface area contributed by atoms with Crippen LogP contribution in [0, 0.1) is 0 Å². The molecule has 5 nitrogen and oxygen atoms in total. The van der Waals surface area contributed by atoms with Gasteiger partial charge in [-0.1, -0.05) is 11.6 Å². The molecule has 1 N–H and O–H groups in total. The molecule has 1 aromatic rings. The molecule has 0 bridgehead atoms. The fourth-order valence-corrected chi connectivity index (χ4v) is 4.10. The molecule has 0 spiro atoms. The zero-order valence-electron chi connectivity index (χ0n) is 8.14. The zero-order valence-corrected chi connectivity index (χ0v) is 9.72. The third-order valence-corrected chi connectivity index (χ3v) is 4.64. The lowest BCUT2D eigenvalue weighted by Crippen LogP contribution is -2.30. The van der Waals surface area contributed by atoms with Crippen molar-refractivity contribution in [2.45, 2.75) is 12.0 Å². The molecule has 7 heteroatoms. The Morgan fingerprint density at radius 3 is 2.73 bits per heavy atom. The van der Waals surface area contributed by atoms with Crippen LogP contribution in [0.25, 0.3) is 0 Å². The predicted octanol–water partition coefficient (Wildman–Crippen LogP) is 0.0796. The number of nitrogens with zero attached hydrogens (tertiary/aromatic N) is 2. The topological polar surface area (TPSA) is 72.2 Å². The number of rotatable bonds is 1. The second-order valence-corrected chi connectivity index (χ2v) is 6.43. The second-order valence-electron chi connectivity index (χ2n) is 3.84. The molecule has 0 radical (unpaired) electrons. The molecule has 1 unspecified atom stereocenters. The van der Waals surface area contributed by atoms with Crippen molar-refractivity contribution in [3.05, 3.63) is 16.9 Å². The van der Waals surface area contributed by atoms with Crippen molar-refractivity contribution in [1.29, 1.82) is 0 Å². The number of aliphatic hydroxyl groups is 1. The fourth-order valence-electron chi connectivity index (χ4n) is 1.95. The van der Waals surface area contributed by atoms with E-state index in [4.69, 9.17) is 11.6 Å². The van der Waals surface area contributed by atoms with E-state index < -0.39 is 15.4 Å². The largest absolute Gasteiger partial charge is 0.382 e. The third kappa shape index (κ3) is 1.77. The van der Waals surface area contributed by atoms with E-state index in [1.54, 1.807) is 7.05 Å². The van der Waals surface area contributed by atoms with Crippen LogP contribution in [0.5, 0.6) is 0 Å². The van der Waals surface area contributed by atoms with Crippen molar-refractivity contribution in [3.8, 4) is 0 Å². The van der Waals surface area contributed by atoms with Gasteiger partial charge >= 0.3 is 0 Å². The summed E-state index contributed by atoms with van der Waals surface area (Å²) in [6.45, 7) is 0. The Bertz CT molecular complexity index is 476. The normalized spacial score (nSPS) is 29.5. The van der Waals surface area contributed by atoms with Gasteiger partial charge in [0.05, 0.1) is 28.4 Å². The van der Waals surface area contributed by atoms with Gasteiger partial charge in [-0.2, -0.15) is 5.10 Å². The number of hydrogen-bond acceptors (Lipinski definition) is 4. The lowest BCUT2D eigenvalue weighted by Gasteiger charge is -2.21. The van der Waals surface area contributed by atoms with Crippen LogP contribution >= 0.6 is 11.6 Å². The van der Waals surface area contributed by atoms with Crippen molar-refractivity contribution in [1.82, 2.24) is 9.78 Å². The molecule has 0 aliphatic carbocycles. The van der Waals surface area contributed by atoms with Crippen molar-refractivity contribution in [3.63, 3.8) is 0 Å². The van der Waals surface area contributed by atoms with Gasteiger partial charge in [-0.25, -0.2) is 8.42 Å². The van der Waals surface area contributed by atoms with Gasteiger partial charge in [-0.05, 0) is 6.42 Å². The lowest BCUT2D eigenvalue weighted by molar-refractivity contribution is 0.0566. The van der Waals surface area contributed by atoms with Gasteiger partial charge in [-0.3, -0.25) is 4.68 Å². The number of halogens is 1. The molecule has 1 atom stereocenters. The highest BCUT2D eigenvalue weighted by molar-refractivity contribution is 7.91. The summed E-state index contributed by atoms with van der Waals surface area (Å²) in [6.07, 6.45) is 1.58. The first kappa shape index (κ1) is 10.9. The molecule has 1 aromatic heterocycles. The summed E-state index contributed by atoms with van der Waals surface area (Å²) in [5, 5.41) is 14.4. The second kappa shape index (κ2) is 3.20. The summed E-state index contributed by atoms with van der Waals surface area (Å²) in [6, 6.07) is 0. The van der Waals surface area contributed by atoms with Crippen molar-refractivity contribution in [2.24, 2.45) is 7.05 Å². The highest BCUT2D eigenvalue weighted by Crippen LogP contribution is 2.36. The van der Waals surface area contributed by atoms with Gasteiger partial charge in [0.2, 0.25) is 0 Å². The van der Waals surface area contributed by atoms with Gasteiger partial charge < -0.3 is 5.11 Å². The van der Waals surface area contributed by atoms with Crippen molar-refractivity contribution < 1.29 is 13.5 Å². The van der Waals surface area contributed by atoms with E-state index in [0.717, 1.165) is 0 Å². The van der Waals surface area contributed by atoms with Gasteiger partial charge in [0.1, 0.15) is 5.60 Å². The molecule has 0 saturated carbocycles. The Morgan fingerprint density at radius 1 is 1.67 bits per heavy atom. The number of hydrogen-bond donors (Lipinski definition) is 1. The number of aryl methyl sites for hydroxylation is 1. The molecule has 1 fully saturated rings. The monoisotopic (exact) mass is 250 g/mol. The summed E-state index contributed by atoms with van der Waals surface area (Å²) in [7, 11) is -1.53. The predicted molar refractivity (Wildman–Crippen MR) is 55.4 cm³/mol. The Morgan fingerprint density at radius 2 is 2.33 bits per heavy atom. The fraction of sp³-hybridized carbons (Fsp3) is 0.625. The Kier molecular flexibility index (Phi) is 2.33. The van der Waals surface area contributed by atoms with E-state index >= 15 is 0 Å². The van der Waals surface area contributed by atoms with Gasteiger partial charge in [0.25, 0.3) is 0 Å². The van der Waals surface area contributed by atoms with Crippen molar-refractivity contribution in [2.75, 3.05) is 11.5 Å². The van der Waals surface area contributed by atoms with Crippen LogP contribution in [0.4, 0.5) is 0 Å². The van der Waals surface area contributed by atoms with E-state index in [1.165, 1.54) is 10.9 Å². The van der Waals surface area contributed by atoms with Crippen LogP contribution in [0.2, 0.25) is 5.02 Å². The summed E-state index contributed by atoms with van der Waals surface area (Å²) >= 11 is 5.87. The minimum atomic E-state index is -3.16. The molecule has 2 heterocycles. The molecular weight excluding hydrogens is 240 g/mol. The minimum Gasteiger partial charge on any atom is -0.382 e. The molecule has 2 rings (SSSR count). The van der Waals surface area contributed by atoms with Crippen LogP contribution in [-0.2, 0) is 22.5 Å². The van der Waals surface area contributed by atoms with E-state index in [1.807, 2.05) is 0 Å². The van der Waals surface area contributed by atoms with Crippen LogP contribution in [0.15, 0.2) is 6.20 Å². The smallest absolute Gasteiger partial charge is 0.153 e. The first-order valence-corrected chi connectivity index (χ1v) is 6.65. The minimum absolute atomic E-state index is 0.00892. The van der Waals surface area contributed by atoms with Crippen LogP contribution in [0.3, 0.4) is 0 Å². The molecule has 15 heavy (non-hydrogen) atoms. The van der Waals surface area contributed by atoms with Crippen LogP contribution in [0.1, 0.15) is 12.1 Å². The van der Waals surface area contributed by atoms with Crippen LogP contribution in [-0.4, -0.2) is 34.8 Å². The van der Waals surface area contributed by atoms with Crippen molar-refractivity contribution >= 4 is 21.4 Å². The molecular formula is C8H11ClN2O3S. The average molecular weight is 251 g/mol. The quantitative estimate of drug-likeness (QED) is 0.766. The molecule has 0 amide bonds. The van der Waals surface area contributed by atoms with Gasteiger partial charge in [0, 0.05) is 7.05 Å². The molecule has 1 saturated heterocycles. The highest BCUT2D eigenvalue weighted by Gasteiger charge is 2.45. The van der Waals surface area contributed by atoms with E-state index in [0.29, 0.717) is 10.7 Å². The first-order chi connectivity index (χ1) is 6.84. The maximum absolute atomic E-state index is 11.3. The van der Waals surface area contributed by atoms with E-state index in [2.05, 4.69) is 5.10 Å². The Labute approximate surface area is 92.6 Å². The van der Waals surface area contributed by atoms with Gasteiger partial charge in [-0.15, -0.1) is 0 Å². The number of aromatic nitrogens is 2. The summed E-state index contributed by atoms with van der Waals surface area (Å²) in [5.41, 5.74) is -1.01. The number of sulfone groups is 1. The molecule has 0 aromatic carbocycles. The van der Waals surface area contributed by atoms with Gasteiger partial charge in [0.15, 0.2) is 9.84 Å². The summed E-state index contributed by atoms with van der Waals surface area (Å²) in [5.74, 6) is -0.287. The first-order valence-electron chi connectivity index (χ1n) is 4.45. The summed E-state index contributed by atoms with van der Waals surface area (Å²) < 4.78 is 24.1.